The summed E-state index contributed by atoms with van der Waals surface area (Å²) in [6.07, 6.45) is 2.24. The Bertz CT molecular complexity index is 305. The fourth-order valence-corrected chi connectivity index (χ4v) is 4.15. The number of hydrogen-bond acceptors (Lipinski definition) is 4. The van der Waals surface area contributed by atoms with Gasteiger partial charge in [-0.3, -0.25) is 0 Å². The zero-order valence-electron chi connectivity index (χ0n) is 12.1. The van der Waals surface area contributed by atoms with Crippen molar-refractivity contribution in [3.63, 3.8) is 0 Å². The van der Waals surface area contributed by atoms with Crippen LogP contribution in [0, 0.1) is 0 Å². The van der Waals surface area contributed by atoms with Crippen LogP contribution in [0.1, 0.15) is 40.0 Å². The molecule has 0 unspecified atom stereocenters. The van der Waals surface area contributed by atoms with Crippen molar-refractivity contribution in [3.8, 4) is 0 Å². The maximum atomic E-state index is 12.4. The van der Waals surface area contributed by atoms with Gasteiger partial charge in [0.05, 0.1) is 12.4 Å². The van der Waals surface area contributed by atoms with Gasteiger partial charge in [0.15, 0.2) is 0 Å². The van der Waals surface area contributed by atoms with E-state index in [1.165, 1.54) is 7.11 Å². The van der Waals surface area contributed by atoms with Crippen molar-refractivity contribution in [2.75, 3.05) is 32.6 Å². The lowest BCUT2D eigenvalue weighted by Crippen LogP contribution is -2.56. The van der Waals surface area contributed by atoms with Crippen molar-refractivity contribution in [2.45, 2.75) is 45.6 Å². The minimum atomic E-state index is -3.31. The lowest BCUT2D eigenvalue weighted by Gasteiger charge is -2.41. The number of nitrogens with two attached hydrogens (primary N) is 1. The van der Waals surface area contributed by atoms with Gasteiger partial charge in [0.25, 0.3) is 0 Å². The molecule has 0 spiro atoms. The molecule has 18 heavy (non-hydrogen) atoms. The van der Waals surface area contributed by atoms with E-state index >= 15 is 0 Å². The van der Waals surface area contributed by atoms with Gasteiger partial charge in [0.1, 0.15) is 0 Å². The Kier molecular flexibility index (Phi) is 8.02. The van der Waals surface area contributed by atoms with E-state index in [2.05, 4.69) is 0 Å². The smallest absolute Gasteiger partial charge is 0.216 e. The van der Waals surface area contributed by atoms with Crippen molar-refractivity contribution in [1.29, 1.82) is 0 Å². The van der Waals surface area contributed by atoms with Crippen LogP contribution in [0.5, 0.6) is 0 Å². The normalized spacial score (nSPS) is 13.2. The number of rotatable bonds is 10. The number of methoxy groups -OCH3 is 1. The first kappa shape index (κ1) is 17.8. The first-order chi connectivity index (χ1) is 8.44. The molecule has 2 N–H and O–H groups in total. The lowest BCUT2D eigenvalue weighted by molar-refractivity contribution is 0.172. The summed E-state index contributed by atoms with van der Waals surface area (Å²) in [7, 11) is -1.80. The van der Waals surface area contributed by atoms with Crippen LogP contribution in [0.3, 0.4) is 0 Å². The molecule has 0 aliphatic heterocycles. The summed E-state index contributed by atoms with van der Waals surface area (Å²) in [4.78, 5) is 0. The van der Waals surface area contributed by atoms with Gasteiger partial charge in [-0.2, -0.15) is 4.31 Å². The van der Waals surface area contributed by atoms with Gasteiger partial charge in [-0.1, -0.05) is 20.8 Å². The fourth-order valence-electron chi connectivity index (χ4n) is 2.17. The summed E-state index contributed by atoms with van der Waals surface area (Å²) in [6.45, 7) is 7.05. The number of hydrogen-bond donors (Lipinski definition) is 1. The first-order valence-electron chi connectivity index (χ1n) is 6.63. The van der Waals surface area contributed by atoms with Gasteiger partial charge in [-0.15, -0.1) is 0 Å². The molecule has 0 aliphatic carbocycles. The van der Waals surface area contributed by atoms with Crippen LogP contribution >= 0.6 is 0 Å². The zero-order valence-corrected chi connectivity index (χ0v) is 12.9. The van der Waals surface area contributed by atoms with Crippen LogP contribution in [-0.4, -0.2) is 50.8 Å². The summed E-state index contributed by atoms with van der Waals surface area (Å²) in [5, 5.41) is 0. The summed E-state index contributed by atoms with van der Waals surface area (Å²) < 4.78 is 31.3. The van der Waals surface area contributed by atoms with E-state index in [4.69, 9.17) is 10.5 Å². The molecule has 110 valence electrons. The van der Waals surface area contributed by atoms with Crippen molar-refractivity contribution in [1.82, 2.24) is 4.31 Å². The van der Waals surface area contributed by atoms with E-state index in [9.17, 15) is 8.42 Å². The Morgan fingerprint density at radius 3 is 2.11 bits per heavy atom. The van der Waals surface area contributed by atoms with Gasteiger partial charge in [-0.05, 0) is 19.3 Å². The largest absolute Gasteiger partial charge is 0.384 e. The average Bonchev–Trinajstić information content (AvgIpc) is 2.37. The zero-order chi connectivity index (χ0) is 14.2. The minimum absolute atomic E-state index is 0.0191. The van der Waals surface area contributed by atoms with Crippen molar-refractivity contribution < 1.29 is 13.2 Å². The van der Waals surface area contributed by atoms with Crippen molar-refractivity contribution >= 4 is 10.0 Å². The highest BCUT2D eigenvalue weighted by molar-refractivity contribution is 7.89. The quantitative estimate of drug-likeness (QED) is 0.652. The van der Waals surface area contributed by atoms with E-state index in [1.807, 2.05) is 20.8 Å². The van der Waals surface area contributed by atoms with Crippen molar-refractivity contribution in [3.05, 3.63) is 0 Å². The van der Waals surface area contributed by atoms with Crippen LogP contribution in [0.25, 0.3) is 0 Å². The first-order valence-corrected chi connectivity index (χ1v) is 8.24. The highest BCUT2D eigenvalue weighted by Gasteiger charge is 2.39. The lowest BCUT2D eigenvalue weighted by atomic mass is 9.93. The van der Waals surface area contributed by atoms with E-state index in [-0.39, 0.29) is 12.4 Å². The number of sulfonamides is 1. The Hall–Kier alpha value is -0.170. The summed E-state index contributed by atoms with van der Waals surface area (Å²) in [6, 6.07) is 0. The number of ether oxygens (including phenoxy) is 1. The van der Waals surface area contributed by atoms with Gasteiger partial charge in [0, 0.05) is 25.7 Å². The molecule has 5 nitrogen and oxygen atoms in total. The standard InChI is InChI=1S/C12H28N2O3S/c1-5-8-14(12(6-2,7-3)11-13)18(15,16)10-9-17-4/h5-11,13H2,1-4H3. The van der Waals surface area contributed by atoms with Crippen LogP contribution < -0.4 is 5.73 Å². The van der Waals surface area contributed by atoms with Crippen molar-refractivity contribution in [2.24, 2.45) is 5.73 Å². The monoisotopic (exact) mass is 280 g/mol. The van der Waals surface area contributed by atoms with Gasteiger partial charge in [-0.25, -0.2) is 8.42 Å². The van der Waals surface area contributed by atoms with E-state index < -0.39 is 15.6 Å². The Labute approximate surface area is 112 Å². The summed E-state index contributed by atoms with van der Waals surface area (Å²) in [5.41, 5.74) is 5.39. The molecule has 0 amide bonds. The van der Waals surface area contributed by atoms with Gasteiger partial charge in [0.2, 0.25) is 10.0 Å². The third-order valence-corrected chi connectivity index (χ3v) is 5.46. The molecule has 0 bridgehead atoms. The second kappa shape index (κ2) is 8.09. The maximum Gasteiger partial charge on any atom is 0.216 e. The van der Waals surface area contributed by atoms with Gasteiger partial charge < -0.3 is 10.5 Å². The molecule has 6 heteroatoms. The SMILES string of the molecule is CCCN(C(CC)(CC)CN)S(=O)(=O)CCOC. The topological polar surface area (TPSA) is 72.6 Å². The highest BCUT2D eigenvalue weighted by Crippen LogP contribution is 2.26. The number of nitrogens with zero attached hydrogens (tertiary/aromatic N) is 1. The molecule has 0 radical (unpaired) electrons. The Balaban J connectivity index is 5.26. The Morgan fingerprint density at radius 1 is 1.22 bits per heavy atom. The van der Waals surface area contributed by atoms with E-state index in [0.717, 1.165) is 19.3 Å². The predicted molar refractivity (Wildman–Crippen MR) is 75.0 cm³/mol. The predicted octanol–water partition coefficient (Wildman–Crippen LogP) is 1.19. The molecular formula is C12H28N2O3S. The molecule has 0 saturated heterocycles. The molecular weight excluding hydrogens is 252 g/mol. The second-order valence-corrected chi connectivity index (χ2v) is 6.53. The third-order valence-electron chi connectivity index (χ3n) is 3.53. The van der Waals surface area contributed by atoms with Crippen LogP contribution in [-0.2, 0) is 14.8 Å². The molecule has 0 aromatic heterocycles. The average molecular weight is 280 g/mol. The third kappa shape index (κ3) is 4.19. The fraction of sp³-hybridized carbons (Fsp3) is 1.00. The van der Waals surface area contributed by atoms with E-state index in [0.29, 0.717) is 13.1 Å². The second-order valence-electron chi connectivity index (χ2n) is 4.52. The van der Waals surface area contributed by atoms with Gasteiger partial charge >= 0.3 is 0 Å². The molecule has 0 aromatic carbocycles. The summed E-state index contributed by atoms with van der Waals surface area (Å²) in [5.74, 6) is 0.0191. The molecule has 0 heterocycles. The molecule has 0 aromatic rings. The molecule has 0 rings (SSSR count). The maximum absolute atomic E-state index is 12.4. The van der Waals surface area contributed by atoms with Crippen LogP contribution in [0.4, 0.5) is 0 Å². The molecule has 0 aliphatic rings. The Morgan fingerprint density at radius 2 is 1.78 bits per heavy atom. The molecule has 0 saturated carbocycles. The summed E-state index contributed by atoms with van der Waals surface area (Å²) >= 11 is 0. The molecule has 0 fully saturated rings. The highest BCUT2D eigenvalue weighted by atomic mass is 32.2. The molecule has 0 atom stereocenters. The van der Waals surface area contributed by atoms with Crippen LogP contribution in [0.2, 0.25) is 0 Å². The van der Waals surface area contributed by atoms with Crippen LogP contribution in [0.15, 0.2) is 0 Å². The van der Waals surface area contributed by atoms with E-state index in [1.54, 1.807) is 4.31 Å². The minimum Gasteiger partial charge on any atom is -0.384 e.